The van der Waals surface area contributed by atoms with Gasteiger partial charge in [0.1, 0.15) is 11.6 Å². The van der Waals surface area contributed by atoms with Crippen molar-refractivity contribution in [2.24, 2.45) is 5.92 Å². The largest absolute Gasteiger partial charge is 0.385 e. The molecule has 2 fully saturated rings. The lowest BCUT2D eigenvalue weighted by molar-refractivity contribution is -0.162. The van der Waals surface area contributed by atoms with E-state index in [9.17, 15) is 18.0 Å². The van der Waals surface area contributed by atoms with E-state index in [1.54, 1.807) is 13.3 Å². The molecule has 2 amide bonds. The van der Waals surface area contributed by atoms with Crippen LogP contribution in [0.5, 0.6) is 0 Å². The molecular formula is C32H50N6O5S. The molecule has 0 aliphatic carbocycles. The second kappa shape index (κ2) is 14.5. The average molecular weight is 631 g/mol. The van der Waals surface area contributed by atoms with Gasteiger partial charge in [0, 0.05) is 51.7 Å². The average Bonchev–Trinajstić information content (AvgIpc) is 3.49. The molecule has 12 heteroatoms. The molecule has 0 saturated carbocycles. The number of amides is 2. The van der Waals surface area contributed by atoms with E-state index in [4.69, 9.17) is 4.74 Å². The first-order chi connectivity index (χ1) is 20.9. The molecule has 2 aromatic rings. The summed E-state index contributed by atoms with van der Waals surface area (Å²) in [5, 5.41) is 10.2. The fraction of sp³-hybridized carbons (Fsp3) is 0.656. The van der Waals surface area contributed by atoms with Crippen LogP contribution in [0, 0.1) is 19.8 Å². The molecule has 4 rings (SSSR count). The minimum absolute atomic E-state index is 0.0328. The van der Waals surface area contributed by atoms with Crippen molar-refractivity contribution in [1.82, 2.24) is 30.0 Å². The van der Waals surface area contributed by atoms with Crippen molar-refractivity contribution in [3.8, 4) is 0 Å². The maximum absolute atomic E-state index is 13.8. The molecule has 3 heterocycles. The molecule has 11 nitrogen and oxygen atoms in total. The maximum atomic E-state index is 13.8. The Morgan fingerprint density at radius 3 is 2.36 bits per heavy atom. The van der Waals surface area contributed by atoms with E-state index in [0.717, 1.165) is 24.0 Å². The third-order valence-corrected chi connectivity index (χ3v) is 10.7. The van der Waals surface area contributed by atoms with Crippen LogP contribution in [-0.4, -0.2) is 91.7 Å². The molecule has 0 bridgehead atoms. The van der Waals surface area contributed by atoms with Gasteiger partial charge in [0.2, 0.25) is 21.8 Å². The van der Waals surface area contributed by atoms with Crippen molar-refractivity contribution < 1.29 is 22.7 Å². The highest BCUT2D eigenvalue weighted by Gasteiger charge is 2.53. The van der Waals surface area contributed by atoms with Gasteiger partial charge < -0.3 is 15.0 Å². The van der Waals surface area contributed by atoms with Crippen LogP contribution in [-0.2, 0) is 24.3 Å². The fourth-order valence-electron chi connectivity index (χ4n) is 6.88. The van der Waals surface area contributed by atoms with E-state index in [2.05, 4.69) is 45.9 Å². The molecule has 44 heavy (non-hydrogen) atoms. The van der Waals surface area contributed by atoms with Crippen LogP contribution in [0.1, 0.15) is 87.6 Å². The number of benzene rings is 1. The van der Waals surface area contributed by atoms with Gasteiger partial charge in [-0.2, -0.15) is 5.10 Å². The Labute approximate surface area is 262 Å². The second-order valence-corrected chi connectivity index (χ2v) is 14.4. The van der Waals surface area contributed by atoms with Gasteiger partial charge >= 0.3 is 0 Å². The minimum Gasteiger partial charge on any atom is -0.385 e. The van der Waals surface area contributed by atoms with Crippen molar-refractivity contribution in [3.63, 3.8) is 0 Å². The molecule has 244 valence electrons. The van der Waals surface area contributed by atoms with E-state index < -0.39 is 21.6 Å². The Kier molecular flexibility index (Phi) is 11.3. The molecule has 1 spiro atoms. The quantitative estimate of drug-likeness (QED) is 0.272. The summed E-state index contributed by atoms with van der Waals surface area (Å²) in [6.07, 6.45) is 7.71. The third-order valence-electron chi connectivity index (χ3n) is 8.96. The van der Waals surface area contributed by atoms with Gasteiger partial charge in [-0.15, -0.1) is 0 Å². The summed E-state index contributed by atoms with van der Waals surface area (Å²) in [6.45, 7) is 12.4. The first-order valence-electron chi connectivity index (χ1n) is 15.9. The Hall–Kier alpha value is -2.80. The predicted molar refractivity (Wildman–Crippen MR) is 170 cm³/mol. The lowest BCUT2D eigenvalue weighted by Crippen LogP contribution is -2.73. The molecule has 0 radical (unpaired) electrons. The summed E-state index contributed by atoms with van der Waals surface area (Å²) < 4.78 is 34.2. The number of ether oxygens (including phenoxy) is 1. The van der Waals surface area contributed by atoms with E-state index in [-0.39, 0.29) is 17.9 Å². The molecule has 2 aliphatic heterocycles. The third kappa shape index (κ3) is 7.19. The smallest absolute Gasteiger partial charge is 0.246 e. The Morgan fingerprint density at radius 2 is 1.80 bits per heavy atom. The van der Waals surface area contributed by atoms with E-state index in [1.807, 2.05) is 37.1 Å². The maximum Gasteiger partial charge on any atom is 0.246 e. The van der Waals surface area contributed by atoms with Crippen molar-refractivity contribution in [3.05, 3.63) is 46.8 Å². The summed E-state index contributed by atoms with van der Waals surface area (Å²) >= 11 is 0. The molecule has 3 N–H and O–H groups in total. The van der Waals surface area contributed by atoms with E-state index in [1.165, 1.54) is 0 Å². The summed E-state index contributed by atoms with van der Waals surface area (Å²) in [5.74, 6) is 0.284. The standard InChI is InChI=1S/C32H50N6O5S/c1-7-8-13-38-30(39)27(17-22(2)3)36-31(40)32(38)10-14-37(15-11-32)28(26-20-33-34-21-26)25-18-23(4)29(24(5)19-25)44(41,42)35-12-9-16-43-6/h18-22,27-28,35H,7-17H2,1-6H3,(H,33,34)(H,36,40)/t27-,28?/m0/s1. The number of nitrogens with one attached hydrogen (secondary N) is 3. The lowest BCUT2D eigenvalue weighted by Gasteiger charge is -2.52. The van der Waals surface area contributed by atoms with Crippen LogP contribution in [0.2, 0.25) is 0 Å². The SMILES string of the molecule is CCCCN1C(=O)[C@H](CC(C)C)NC(=O)C12CCN(C(c1cn[nH]c1)c1cc(C)c(S(=O)(=O)NCCCOC)c(C)c1)CC2. The number of H-pyrrole nitrogens is 1. The van der Waals surface area contributed by atoms with Crippen molar-refractivity contribution in [1.29, 1.82) is 0 Å². The number of nitrogens with zero attached hydrogens (tertiary/aromatic N) is 3. The monoisotopic (exact) mass is 630 g/mol. The number of sulfonamides is 1. The normalized spacial score (nSPS) is 20.0. The molecular weight excluding hydrogens is 580 g/mol. The number of piperazine rings is 1. The number of aryl methyl sites for hydroxylation is 2. The van der Waals surface area contributed by atoms with Crippen molar-refractivity contribution in [2.75, 3.05) is 39.9 Å². The Balaban J connectivity index is 1.61. The number of hydrogen-bond acceptors (Lipinski definition) is 7. The lowest BCUT2D eigenvalue weighted by atomic mass is 9.79. The first kappa shape index (κ1) is 34.1. The van der Waals surface area contributed by atoms with Crippen LogP contribution >= 0.6 is 0 Å². The molecule has 2 saturated heterocycles. The number of aromatic amines is 1. The van der Waals surface area contributed by atoms with Crippen LogP contribution in [0.15, 0.2) is 29.4 Å². The van der Waals surface area contributed by atoms with Gasteiger partial charge in [0.15, 0.2) is 0 Å². The van der Waals surface area contributed by atoms with Gasteiger partial charge in [-0.3, -0.25) is 19.6 Å². The second-order valence-electron chi connectivity index (χ2n) is 12.7. The van der Waals surface area contributed by atoms with Gasteiger partial charge in [-0.25, -0.2) is 13.1 Å². The number of carbonyl (C=O) groups is 2. The number of likely N-dealkylation sites (tertiary alicyclic amines) is 1. The topological polar surface area (TPSA) is 137 Å². The minimum atomic E-state index is -3.70. The number of methoxy groups -OCH3 is 1. The molecule has 1 aromatic carbocycles. The number of piperidine rings is 1. The fourth-order valence-corrected chi connectivity index (χ4v) is 8.40. The van der Waals surface area contributed by atoms with Crippen LogP contribution in [0.4, 0.5) is 0 Å². The van der Waals surface area contributed by atoms with Crippen LogP contribution in [0.25, 0.3) is 0 Å². The number of carbonyl (C=O) groups excluding carboxylic acids is 2. The Bertz CT molecular complexity index is 1360. The summed E-state index contributed by atoms with van der Waals surface area (Å²) in [5.41, 5.74) is 2.38. The molecule has 2 aliphatic rings. The summed E-state index contributed by atoms with van der Waals surface area (Å²) in [6, 6.07) is 3.21. The molecule has 2 atom stereocenters. The number of hydrogen-bond donors (Lipinski definition) is 3. The highest BCUT2D eigenvalue weighted by atomic mass is 32.2. The van der Waals surface area contributed by atoms with Gasteiger partial charge in [0.05, 0.1) is 17.1 Å². The Morgan fingerprint density at radius 1 is 1.11 bits per heavy atom. The van der Waals surface area contributed by atoms with Crippen LogP contribution < -0.4 is 10.0 Å². The highest BCUT2D eigenvalue weighted by Crippen LogP contribution is 2.39. The van der Waals surface area contributed by atoms with Gasteiger partial charge in [-0.05, 0) is 68.6 Å². The first-order valence-corrected chi connectivity index (χ1v) is 17.4. The number of rotatable bonds is 14. The highest BCUT2D eigenvalue weighted by molar-refractivity contribution is 7.89. The van der Waals surface area contributed by atoms with E-state index in [0.29, 0.717) is 80.4 Å². The molecule has 1 unspecified atom stereocenters. The molecule has 1 aromatic heterocycles. The zero-order chi connectivity index (χ0) is 32.1. The van der Waals surface area contributed by atoms with Crippen LogP contribution in [0.3, 0.4) is 0 Å². The summed E-state index contributed by atoms with van der Waals surface area (Å²) in [4.78, 5) is 32.0. The van der Waals surface area contributed by atoms with Gasteiger partial charge in [-0.1, -0.05) is 39.3 Å². The zero-order valence-electron chi connectivity index (χ0n) is 27.1. The predicted octanol–water partition coefficient (Wildman–Crippen LogP) is 3.44. The van der Waals surface area contributed by atoms with Crippen molar-refractivity contribution in [2.45, 2.75) is 95.7 Å². The summed E-state index contributed by atoms with van der Waals surface area (Å²) in [7, 11) is -2.11. The number of aromatic nitrogens is 2. The number of unbranched alkanes of at least 4 members (excludes halogenated alkanes) is 1. The van der Waals surface area contributed by atoms with E-state index >= 15 is 0 Å². The van der Waals surface area contributed by atoms with Crippen molar-refractivity contribution >= 4 is 21.8 Å². The van der Waals surface area contributed by atoms with Gasteiger partial charge in [0.25, 0.3) is 0 Å². The zero-order valence-corrected chi connectivity index (χ0v) is 27.9.